The highest BCUT2D eigenvalue weighted by atomic mass is 35.5. The summed E-state index contributed by atoms with van der Waals surface area (Å²) in [6, 6.07) is 17.6. The normalized spacial score (nSPS) is 12.6. The van der Waals surface area contributed by atoms with Gasteiger partial charge in [0.2, 0.25) is 0 Å². The highest BCUT2D eigenvalue weighted by molar-refractivity contribution is 7.99. The number of nitrogens with zero attached hydrogens (tertiary/aromatic N) is 3. The molecule has 2 aromatic carbocycles. The molecule has 0 bridgehead atoms. The molecule has 1 amide bonds. The molecule has 0 saturated heterocycles. The molecule has 2 heterocycles. The minimum absolute atomic E-state index is 0.0802. The number of hydrogen-bond donors (Lipinski definition) is 2. The highest BCUT2D eigenvalue weighted by Crippen LogP contribution is 2.43. The Morgan fingerprint density at radius 2 is 1.79 bits per heavy atom. The first-order valence-electron chi connectivity index (χ1n) is 13.2. The molecule has 0 aliphatic heterocycles. The van der Waals surface area contributed by atoms with Crippen molar-refractivity contribution in [1.29, 1.82) is 0 Å². The van der Waals surface area contributed by atoms with Gasteiger partial charge in [-0.2, -0.15) is 0 Å². The van der Waals surface area contributed by atoms with Crippen molar-refractivity contribution in [2.75, 3.05) is 12.7 Å². The van der Waals surface area contributed by atoms with E-state index in [4.69, 9.17) is 37.4 Å². The van der Waals surface area contributed by atoms with Crippen LogP contribution in [0.15, 0.2) is 83.0 Å². The molecule has 13 heteroatoms. The Bertz CT molecular complexity index is 1520. The first kappa shape index (κ1) is 31.9. The van der Waals surface area contributed by atoms with E-state index in [2.05, 4.69) is 10.3 Å². The van der Waals surface area contributed by atoms with Crippen LogP contribution in [-0.2, 0) is 22.5 Å². The molecular weight excluding hydrogens is 618 g/mol. The van der Waals surface area contributed by atoms with Crippen molar-refractivity contribution in [2.45, 2.75) is 49.3 Å². The summed E-state index contributed by atoms with van der Waals surface area (Å²) in [6.45, 7) is 4.63. The maximum absolute atomic E-state index is 12.5. The molecule has 0 aliphatic rings. The fourth-order valence-corrected chi connectivity index (χ4v) is 6.99. The lowest BCUT2D eigenvalue weighted by molar-refractivity contribution is 0.135. The summed E-state index contributed by atoms with van der Waals surface area (Å²) in [5.74, 6) is 0.966. The monoisotopic (exact) mass is 648 g/mol. The number of benzene rings is 2. The van der Waals surface area contributed by atoms with Gasteiger partial charge in [0, 0.05) is 33.9 Å². The topological polar surface area (TPSA) is 116 Å². The van der Waals surface area contributed by atoms with Gasteiger partial charge in [-0.1, -0.05) is 67.0 Å². The number of imidazole rings is 1. The third-order valence-corrected chi connectivity index (χ3v) is 8.83. The van der Waals surface area contributed by atoms with Gasteiger partial charge in [-0.05, 0) is 60.4 Å². The quantitative estimate of drug-likeness (QED) is 0.111. The fourth-order valence-electron chi connectivity index (χ4n) is 3.97. The molecule has 0 spiro atoms. The average Bonchev–Trinajstić information content (AvgIpc) is 3.27. The number of alkyl carbamates (subject to hydrolysis) is 1. The largest absolute Gasteiger partial charge is 0.441 e. The number of pyridine rings is 1. The number of nitrogens with one attached hydrogen (secondary N) is 1. The standard InChI is InChI=1S/C29H31Cl2N4O5PS/c1-20(2)27-28(42-25-16-22(30)15-23(31)17-25)35(18-21-9-12-32-13-10-21)26(34-27)19-39-29(36)33-11-6-14-41(37,38)40-24-7-4-3-5-8-24/h3-5,7-10,12-13,15-17,20H,6,11,14,18-19H2,1-2H3,(H,33,36)(H,37,38). The smallest absolute Gasteiger partial charge is 0.407 e. The van der Waals surface area contributed by atoms with E-state index in [-0.39, 0.29) is 31.7 Å². The predicted molar refractivity (Wildman–Crippen MR) is 165 cm³/mol. The summed E-state index contributed by atoms with van der Waals surface area (Å²) in [7, 11) is -3.85. The van der Waals surface area contributed by atoms with Crippen LogP contribution in [0.3, 0.4) is 0 Å². The van der Waals surface area contributed by atoms with Crippen molar-refractivity contribution in [2.24, 2.45) is 0 Å². The molecule has 0 saturated carbocycles. The van der Waals surface area contributed by atoms with Gasteiger partial charge in [-0.15, -0.1) is 0 Å². The Hall–Kier alpha value is -3.01. The van der Waals surface area contributed by atoms with Crippen molar-refractivity contribution in [3.8, 4) is 5.75 Å². The molecule has 1 atom stereocenters. The van der Waals surface area contributed by atoms with Gasteiger partial charge in [0.25, 0.3) is 0 Å². The molecule has 2 aromatic heterocycles. The van der Waals surface area contributed by atoms with Crippen LogP contribution in [0.25, 0.3) is 0 Å². The van der Waals surface area contributed by atoms with Crippen LogP contribution in [-0.4, -0.2) is 38.2 Å². The number of aromatic nitrogens is 3. The van der Waals surface area contributed by atoms with Crippen LogP contribution in [0.2, 0.25) is 10.0 Å². The predicted octanol–water partition coefficient (Wildman–Crippen LogP) is 7.79. The van der Waals surface area contributed by atoms with E-state index in [0.717, 1.165) is 21.2 Å². The van der Waals surface area contributed by atoms with E-state index in [0.29, 0.717) is 28.2 Å². The van der Waals surface area contributed by atoms with Crippen molar-refractivity contribution in [1.82, 2.24) is 19.9 Å². The molecular formula is C29H31Cl2N4O5PS. The second kappa shape index (κ2) is 14.9. The fraction of sp³-hybridized carbons (Fsp3) is 0.276. The number of carbonyl (C=O) groups excluding carboxylic acids is 1. The van der Waals surface area contributed by atoms with E-state index in [1.807, 2.05) is 42.7 Å². The average molecular weight is 650 g/mol. The molecule has 42 heavy (non-hydrogen) atoms. The van der Waals surface area contributed by atoms with Gasteiger partial charge in [0.15, 0.2) is 6.61 Å². The van der Waals surface area contributed by atoms with Gasteiger partial charge in [-0.25, -0.2) is 14.3 Å². The minimum Gasteiger partial charge on any atom is -0.441 e. The van der Waals surface area contributed by atoms with Gasteiger partial charge in [-0.3, -0.25) is 4.98 Å². The third-order valence-electron chi connectivity index (χ3n) is 5.92. The molecule has 0 radical (unpaired) electrons. The number of rotatable bonds is 13. The van der Waals surface area contributed by atoms with Crippen LogP contribution < -0.4 is 9.84 Å². The van der Waals surface area contributed by atoms with Crippen LogP contribution in [0.5, 0.6) is 5.75 Å². The van der Waals surface area contributed by atoms with E-state index >= 15 is 0 Å². The Morgan fingerprint density at radius 3 is 2.45 bits per heavy atom. The maximum atomic E-state index is 12.5. The summed E-state index contributed by atoms with van der Waals surface area (Å²) in [5, 5.41) is 4.57. The Morgan fingerprint density at radius 1 is 1.10 bits per heavy atom. The summed E-state index contributed by atoms with van der Waals surface area (Å²) >= 11 is 14.0. The zero-order valence-electron chi connectivity index (χ0n) is 23.1. The highest BCUT2D eigenvalue weighted by Gasteiger charge is 2.23. The number of carbonyl (C=O) groups is 1. The van der Waals surface area contributed by atoms with Gasteiger partial charge < -0.3 is 24.0 Å². The maximum Gasteiger partial charge on any atom is 0.407 e. The van der Waals surface area contributed by atoms with Crippen molar-refractivity contribution in [3.05, 3.63) is 100 Å². The Labute approximate surface area is 259 Å². The Balaban J connectivity index is 1.43. The minimum atomic E-state index is -3.85. The number of hydrogen-bond acceptors (Lipinski definition) is 7. The summed E-state index contributed by atoms with van der Waals surface area (Å²) in [6.07, 6.45) is 2.89. The van der Waals surface area contributed by atoms with Crippen molar-refractivity contribution in [3.63, 3.8) is 0 Å². The van der Waals surface area contributed by atoms with E-state index < -0.39 is 13.7 Å². The first-order valence-corrected chi connectivity index (χ1v) is 16.5. The van der Waals surface area contributed by atoms with Crippen LogP contribution in [0.1, 0.15) is 43.3 Å². The summed E-state index contributed by atoms with van der Waals surface area (Å²) in [5.41, 5.74) is 1.85. The lowest BCUT2D eigenvalue weighted by Gasteiger charge is -2.14. The number of para-hydroxylation sites is 1. The molecule has 222 valence electrons. The van der Waals surface area contributed by atoms with E-state index in [1.165, 1.54) is 11.8 Å². The number of amides is 1. The molecule has 0 fully saturated rings. The molecule has 0 aliphatic carbocycles. The van der Waals surface area contributed by atoms with Crippen LogP contribution in [0, 0.1) is 0 Å². The molecule has 1 unspecified atom stereocenters. The zero-order valence-corrected chi connectivity index (χ0v) is 26.3. The zero-order chi connectivity index (χ0) is 30.1. The van der Waals surface area contributed by atoms with E-state index in [1.54, 1.807) is 48.8 Å². The van der Waals surface area contributed by atoms with Gasteiger partial charge in [0.05, 0.1) is 18.4 Å². The first-order chi connectivity index (χ1) is 20.1. The Kier molecular flexibility index (Phi) is 11.4. The SMILES string of the molecule is CC(C)c1nc(COC(=O)NCCCP(=O)(O)Oc2ccccc2)n(Cc2ccncc2)c1Sc1cc(Cl)cc(Cl)c1. The second-order valence-electron chi connectivity index (χ2n) is 9.64. The molecule has 2 N–H and O–H groups in total. The van der Waals surface area contributed by atoms with Crippen molar-refractivity contribution >= 4 is 48.7 Å². The second-order valence-corrected chi connectivity index (χ2v) is 13.5. The summed E-state index contributed by atoms with van der Waals surface area (Å²) in [4.78, 5) is 32.4. The third kappa shape index (κ3) is 9.51. The number of ether oxygens (including phenoxy) is 1. The lowest BCUT2D eigenvalue weighted by atomic mass is 10.1. The molecule has 4 aromatic rings. The van der Waals surface area contributed by atoms with Crippen LogP contribution >= 0.6 is 42.6 Å². The summed E-state index contributed by atoms with van der Waals surface area (Å²) < 4.78 is 25.1. The van der Waals surface area contributed by atoms with Gasteiger partial charge in [0.1, 0.15) is 16.6 Å². The van der Waals surface area contributed by atoms with E-state index in [9.17, 15) is 14.3 Å². The lowest BCUT2D eigenvalue weighted by Crippen LogP contribution is -2.26. The molecule has 4 rings (SSSR count). The number of halogens is 2. The van der Waals surface area contributed by atoms with Crippen molar-refractivity contribution < 1.29 is 23.5 Å². The van der Waals surface area contributed by atoms with Crippen LogP contribution in [0.4, 0.5) is 4.79 Å². The molecule has 9 nitrogen and oxygen atoms in total. The van der Waals surface area contributed by atoms with Gasteiger partial charge >= 0.3 is 13.7 Å².